The fourth-order valence-corrected chi connectivity index (χ4v) is 4.13. The lowest BCUT2D eigenvalue weighted by Crippen LogP contribution is -2.59. The van der Waals surface area contributed by atoms with Crippen molar-refractivity contribution < 1.29 is 18.0 Å². The molecule has 1 amide bonds. The van der Waals surface area contributed by atoms with Gasteiger partial charge in [0.15, 0.2) is 0 Å². The number of alkyl halides is 3. The highest BCUT2D eigenvalue weighted by Crippen LogP contribution is 2.37. The second kappa shape index (κ2) is 6.84. The molecule has 144 valence electrons. The van der Waals surface area contributed by atoms with Crippen LogP contribution in [0.3, 0.4) is 0 Å². The SMILES string of the molecule is Cl.NC1CC(C(=O)N2C3CCC2CN(c2ncc(C(F)(F)F)cn2)C3)C1. The number of nitrogens with zero attached hydrogens (tertiary/aromatic N) is 4. The lowest BCUT2D eigenvalue weighted by Gasteiger charge is -2.44. The summed E-state index contributed by atoms with van der Waals surface area (Å²) < 4.78 is 37.9. The van der Waals surface area contributed by atoms with Gasteiger partial charge in [-0.3, -0.25) is 4.79 Å². The third-order valence-electron chi connectivity index (χ3n) is 5.51. The summed E-state index contributed by atoms with van der Waals surface area (Å²) in [6.45, 7) is 1.12. The van der Waals surface area contributed by atoms with E-state index < -0.39 is 11.7 Å². The molecule has 2 bridgehead atoms. The average molecular weight is 392 g/mol. The Bertz CT molecular complexity index is 651. The molecule has 3 heterocycles. The molecule has 10 heteroatoms. The second-order valence-electron chi connectivity index (χ2n) is 7.23. The zero-order chi connectivity index (χ0) is 17.8. The van der Waals surface area contributed by atoms with Crippen molar-refractivity contribution in [2.75, 3.05) is 18.0 Å². The molecule has 4 rings (SSSR count). The van der Waals surface area contributed by atoms with Crippen molar-refractivity contribution in [2.24, 2.45) is 11.7 Å². The van der Waals surface area contributed by atoms with Crippen molar-refractivity contribution in [3.05, 3.63) is 18.0 Å². The summed E-state index contributed by atoms with van der Waals surface area (Å²) in [5.41, 5.74) is 4.93. The number of fused-ring (bicyclic) bond motifs is 2. The molecule has 1 saturated carbocycles. The Labute approximate surface area is 155 Å². The summed E-state index contributed by atoms with van der Waals surface area (Å²) in [6.07, 6.45) is 0.515. The number of anilines is 1. The Balaban J connectivity index is 0.00000196. The molecule has 26 heavy (non-hydrogen) atoms. The van der Waals surface area contributed by atoms with E-state index in [1.54, 1.807) is 0 Å². The van der Waals surface area contributed by atoms with Crippen molar-refractivity contribution in [3.63, 3.8) is 0 Å². The van der Waals surface area contributed by atoms with Crippen LogP contribution in [0.5, 0.6) is 0 Å². The predicted octanol–water partition coefficient (Wildman–Crippen LogP) is 1.83. The van der Waals surface area contributed by atoms with Gasteiger partial charge < -0.3 is 15.5 Å². The molecule has 1 aliphatic carbocycles. The minimum atomic E-state index is -4.44. The fourth-order valence-electron chi connectivity index (χ4n) is 4.13. The van der Waals surface area contributed by atoms with Crippen molar-refractivity contribution in [3.8, 4) is 0 Å². The minimum absolute atomic E-state index is 0. The van der Waals surface area contributed by atoms with Gasteiger partial charge >= 0.3 is 6.18 Å². The number of carbonyl (C=O) groups is 1. The number of carbonyl (C=O) groups excluding carboxylic acids is 1. The molecule has 2 N–H and O–H groups in total. The van der Waals surface area contributed by atoms with Gasteiger partial charge in [0.05, 0.1) is 5.56 Å². The van der Waals surface area contributed by atoms with E-state index in [4.69, 9.17) is 5.73 Å². The minimum Gasteiger partial charge on any atom is -0.337 e. The summed E-state index contributed by atoms with van der Waals surface area (Å²) >= 11 is 0. The molecule has 0 aromatic carbocycles. The first-order valence-electron chi connectivity index (χ1n) is 8.55. The van der Waals surface area contributed by atoms with Crippen LogP contribution in [0.4, 0.5) is 19.1 Å². The molecule has 2 aliphatic heterocycles. The van der Waals surface area contributed by atoms with E-state index in [-0.39, 0.29) is 42.4 Å². The van der Waals surface area contributed by atoms with Crippen LogP contribution in [0.15, 0.2) is 12.4 Å². The Kier molecular flexibility index (Phi) is 5.04. The van der Waals surface area contributed by atoms with E-state index >= 15 is 0 Å². The molecule has 3 aliphatic rings. The number of piperazine rings is 1. The van der Waals surface area contributed by atoms with E-state index in [1.807, 2.05) is 9.80 Å². The smallest absolute Gasteiger partial charge is 0.337 e. The molecule has 3 fully saturated rings. The zero-order valence-electron chi connectivity index (χ0n) is 14.0. The number of rotatable bonds is 2. The van der Waals surface area contributed by atoms with E-state index in [1.165, 1.54) is 0 Å². The van der Waals surface area contributed by atoms with Gasteiger partial charge in [0.25, 0.3) is 0 Å². The first-order chi connectivity index (χ1) is 11.8. The van der Waals surface area contributed by atoms with Crippen molar-refractivity contribution in [1.82, 2.24) is 14.9 Å². The normalized spacial score (nSPS) is 30.6. The van der Waals surface area contributed by atoms with Gasteiger partial charge in [-0.05, 0) is 25.7 Å². The highest BCUT2D eigenvalue weighted by Gasteiger charge is 2.46. The highest BCUT2D eigenvalue weighted by molar-refractivity contribution is 5.85. The maximum Gasteiger partial charge on any atom is 0.419 e. The Morgan fingerprint density at radius 3 is 2.12 bits per heavy atom. The van der Waals surface area contributed by atoms with E-state index in [2.05, 4.69) is 9.97 Å². The fraction of sp³-hybridized carbons (Fsp3) is 0.688. The van der Waals surface area contributed by atoms with Gasteiger partial charge in [-0.1, -0.05) is 0 Å². The zero-order valence-corrected chi connectivity index (χ0v) is 14.8. The predicted molar refractivity (Wildman–Crippen MR) is 90.9 cm³/mol. The molecule has 0 radical (unpaired) electrons. The number of hydrogen-bond acceptors (Lipinski definition) is 5. The van der Waals surface area contributed by atoms with Gasteiger partial charge in [-0.25, -0.2) is 9.97 Å². The third-order valence-corrected chi connectivity index (χ3v) is 5.51. The van der Waals surface area contributed by atoms with Crippen LogP contribution in [0, 0.1) is 5.92 Å². The van der Waals surface area contributed by atoms with Gasteiger partial charge in [-0.2, -0.15) is 13.2 Å². The average Bonchev–Trinajstić information content (AvgIpc) is 2.80. The quantitative estimate of drug-likeness (QED) is 0.832. The van der Waals surface area contributed by atoms with Gasteiger partial charge in [0.1, 0.15) is 0 Å². The first-order valence-corrected chi connectivity index (χ1v) is 8.55. The van der Waals surface area contributed by atoms with Gasteiger partial charge in [0, 0.05) is 49.5 Å². The Morgan fingerprint density at radius 2 is 1.65 bits per heavy atom. The van der Waals surface area contributed by atoms with Crippen LogP contribution in [-0.2, 0) is 11.0 Å². The summed E-state index contributed by atoms with van der Waals surface area (Å²) in [4.78, 5) is 24.3. The van der Waals surface area contributed by atoms with Crippen molar-refractivity contribution >= 4 is 24.3 Å². The maximum atomic E-state index is 12.7. The molecule has 2 unspecified atom stereocenters. The number of halogens is 4. The van der Waals surface area contributed by atoms with Crippen LogP contribution in [-0.4, -0.2) is 52.0 Å². The van der Waals surface area contributed by atoms with Gasteiger partial charge in [0.2, 0.25) is 11.9 Å². The van der Waals surface area contributed by atoms with E-state index in [9.17, 15) is 18.0 Å². The van der Waals surface area contributed by atoms with Crippen LogP contribution in [0.2, 0.25) is 0 Å². The van der Waals surface area contributed by atoms with Crippen LogP contribution in [0.25, 0.3) is 0 Å². The van der Waals surface area contributed by atoms with Crippen molar-refractivity contribution in [2.45, 2.75) is 50.0 Å². The van der Waals surface area contributed by atoms with E-state index in [0.717, 1.165) is 38.1 Å². The molecule has 6 nitrogen and oxygen atoms in total. The molecular formula is C16H21ClF3N5O. The number of aromatic nitrogens is 2. The number of amides is 1. The summed E-state index contributed by atoms with van der Waals surface area (Å²) in [5.74, 6) is 0.511. The maximum absolute atomic E-state index is 12.7. The summed E-state index contributed by atoms with van der Waals surface area (Å²) in [7, 11) is 0. The van der Waals surface area contributed by atoms with E-state index in [0.29, 0.717) is 19.0 Å². The molecule has 1 aromatic rings. The molecule has 2 atom stereocenters. The third kappa shape index (κ3) is 3.34. The van der Waals surface area contributed by atoms with Crippen LogP contribution in [0.1, 0.15) is 31.2 Å². The standard InChI is InChI=1S/C16H20F3N5O.ClH/c17-16(18,19)10-5-21-15(22-6-10)23-7-12-1-2-13(8-23)24(12)14(25)9-3-11(20)4-9;/h5-6,9,11-13H,1-4,7-8,20H2;1H. The first kappa shape index (κ1) is 19.2. The largest absolute Gasteiger partial charge is 0.419 e. The van der Waals surface area contributed by atoms with Crippen LogP contribution < -0.4 is 10.6 Å². The highest BCUT2D eigenvalue weighted by atomic mass is 35.5. The second-order valence-corrected chi connectivity index (χ2v) is 7.23. The monoisotopic (exact) mass is 391 g/mol. The summed E-state index contributed by atoms with van der Waals surface area (Å²) in [6, 6.07) is 0.288. The molecule has 2 saturated heterocycles. The summed E-state index contributed by atoms with van der Waals surface area (Å²) in [5, 5.41) is 0. The van der Waals surface area contributed by atoms with Crippen molar-refractivity contribution in [1.29, 1.82) is 0 Å². The lowest BCUT2D eigenvalue weighted by atomic mass is 9.79. The lowest BCUT2D eigenvalue weighted by molar-refractivity contribution is -0.142. The topological polar surface area (TPSA) is 75.4 Å². The van der Waals surface area contributed by atoms with Gasteiger partial charge in [-0.15, -0.1) is 12.4 Å². The number of nitrogens with two attached hydrogens (primary N) is 1. The van der Waals surface area contributed by atoms with Crippen LogP contribution >= 0.6 is 12.4 Å². The molecule has 0 spiro atoms. The molecular weight excluding hydrogens is 371 g/mol. The number of hydrogen-bond donors (Lipinski definition) is 1. The Morgan fingerprint density at radius 1 is 1.12 bits per heavy atom. The molecule has 1 aromatic heterocycles. The Hall–Kier alpha value is -1.61.